The molecule has 4 heteroatoms. The quantitative estimate of drug-likeness (QED) is 0.744. The Hall–Kier alpha value is -1.22. The van der Waals surface area contributed by atoms with Crippen molar-refractivity contribution in [3.05, 3.63) is 23.8 Å². The molecule has 1 aromatic carbocycles. The molecule has 0 atom stereocenters. The third kappa shape index (κ3) is 3.74. The Morgan fingerprint density at radius 2 is 1.88 bits per heavy atom. The fraction of sp³-hybridized carbons (Fsp3) is 0.417. The minimum atomic E-state index is -0.381. The van der Waals surface area contributed by atoms with Crippen LogP contribution in [0.4, 0.5) is 11.4 Å². The van der Waals surface area contributed by atoms with E-state index in [0.29, 0.717) is 5.69 Å². The number of nitrogen functional groups attached to an aromatic ring is 1. The van der Waals surface area contributed by atoms with Crippen molar-refractivity contribution in [1.29, 1.82) is 0 Å². The Bertz CT molecular complexity index is 383. The van der Waals surface area contributed by atoms with E-state index in [4.69, 9.17) is 5.73 Å². The molecule has 0 aromatic heterocycles. The van der Waals surface area contributed by atoms with E-state index in [9.17, 15) is 4.79 Å². The third-order valence-electron chi connectivity index (χ3n) is 2.18. The van der Waals surface area contributed by atoms with Crippen LogP contribution in [-0.4, -0.2) is 5.91 Å². The highest BCUT2D eigenvalue weighted by molar-refractivity contribution is 5.95. The van der Waals surface area contributed by atoms with Crippen LogP contribution in [0.3, 0.4) is 0 Å². The molecule has 90 valence electrons. The van der Waals surface area contributed by atoms with Gasteiger partial charge in [-0.25, -0.2) is 0 Å². The van der Waals surface area contributed by atoms with Crippen LogP contribution in [0.15, 0.2) is 18.2 Å². The van der Waals surface area contributed by atoms with Crippen LogP contribution < -0.4 is 11.1 Å². The summed E-state index contributed by atoms with van der Waals surface area (Å²) in [7, 11) is 0. The number of rotatable bonds is 1. The van der Waals surface area contributed by atoms with Crippen LogP contribution in [0.25, 0.3) is 0 Å². The summed E-state index contributed by atoms with van der Waals surface area (Å²) >= 11 is 0. The molecular weight excluding hydrogens is 224 g/mol. The zero-order valence-electron chi connectivity index (χ0n) is 10.1. The number of anilines is 2. The largest absolute Gasteiger partial charge is 0.399 e. The van der Waals surface area contributed by atoms with E-state index in [1.165, 1.54) is 0 Å². The summed E-state index contributed by atoms with van der Waals surface area (Å²) in [6, 6.07) is 5.46. The van der Waals surface area contributed by atoms with Gasteiger partial charge in [0.25, 0.3) is 0 Å². The molecule has 0 aliphatic heterocycles. The third-order valence-corrected chi connectivity index (χ3v) is 2.18. The van der Waals surface area contributed by atoms with E-state index in [1.54, 1.807) is 6.07 Å². The van der Waals surface area contributed by atoms with Crippen molar-refractivity contribution < 1.29 is 4.79 Å². The van der Waals surface area contributed by atoms with E-state index < -0.39 is 0 Å². The predicted molar refractivity (Wildman–Crippen MR) is 70.9 cm³/mol. The molecule has 0 saturated carbocycles. The van der Waals surface area contributed by atoms with Crippen LogP contribution in [0.2, 0.25) is 0 Å². The molecule has 0 fully saturated rings. The van der Waals surface area contributed by atoms with Crippen molar-refractivity contribution in [2.75, 3.05) is 11.1 Å². The molecule has 0 bridgehead atoms. The molecule has 0 unspecified atom stereocenters. The van der Waals surface area contributed by atoms with Crippen LogP contribution in [0, 0.1) is 12.3 Å². The first-order valence-electron chi connectivity index (χ1n) is 4.98. The molecular formula is C12H19ClN2O. The zero-order valence-corrected chi connectivity index (χ0v) is 10.9. The highest BCUT2D eigenvalue weighted by atomic mass is 35.5. The second-order valence-electron chi connectivity index (χ2n) is 4.78. The van der Waals surface area contributed by atoms with Gasteiger partial charge in [0.05, 0.1) is 0 Å². The summed E-state index contributed by atoms with van der Waals surface area (Å²) in [6.07, 6.45) is 0. The minimum Gasteiger partial charge on any atom is -0.399 e. The van der Waals surface area contributed by atoms with Crippen molar-refractivity contribution in [2.45, 2.75) is 27.7 Å². The van der Waals surface area contributed by atoms with Crippen LogP contribution in [0.1, 0.15) is 26.3 Å². The number of benzene rings is 1. The van der Waals surface area contributed by atoms with E-state index in [-0.39, 0.29) is 23.7 Å². The molecule has 3 N–H and O–H groups in total. The predicted octanol–water partition coefficient (Wildman–Crippen LogP) is 2.98. The number of nitrogens with one attached hydrogen (secondary N) is 1. The maximum Gasteiger partial charge on any atom is 0.229 e. The Labute approximate surface area is 103 Å². The summed E-state index contributed by atoms with van der Waals surface area (Å²) in [5.74, 6) is 0.00960. The molecule has 1 aromatic rings. The second-order valence-corrected chi connectivity index (χ2v) is 4.78. The molecule has 1 rings (SSSR count). The Kier molecular flexibility index (Phi) is 4.81. The topological polar surface area (TPSA) is 55.1 Å². The lowest BCUT2D eigenvalue weighted by molar-refractivity contribution is -0.123. The van der Waals surface area contributed by atoms with Crippen molar-refractivity contribution in [3.8, 4) is 0 Å². The van der Waals surface area contributed by atoms with Gasteiger partial charge in [-0.1, -0.05) is 20.8 Å². The van der Waals surface area contributed by atoms with Crippen molar-refractivity contribution in [3.63, 3.8) is 0 Å². The smallest absolute Gasteiger partial charge is 0.229 e. The Morgan fingerprint density at radius 3 is 2.31 bits per heavy atom. The van der Waals surface area contributed by atoms with Gasteiger partial charge in [0.1, 0.15) is 0 Å². The van der Waals surface area contributed by atoms with Crippen LogP contribution >= 0.6 is 12.4 Å². The first-order chi connectivity index (χ1) is 6.80. The zero-order chi connectivity index (χ0) is 11.6. The molecule has 1 amide bonds. The average Bonchev–Trinajstić information content (AvgIpc) is 2.08. The van der Waals surface area contributed by atoms with Crippen molar-refractivity contribution in [2.24, 2.45) is 5.41 Å². The van der Waals surface area contributed by atoms with Crippen molar-refractivity contribution >= 4 is 29.7 Å². The maximum absolute atomic E-state index is 11.7. The van der Waals surface area contributed by atoms with E-state index in [0.717, 1.165) is 11.3 Å². The summed E-state index contributed by atoms with van der Waals surface area (Å²) in [5, 5.41) is 2.88. The van der Waals surface area contributed by atoms with Crippen LogP contribution in [0.5, 0.6) is 0 Å². The number of carbonyl (C=O) groups excluding carboxylic acids is 1. The maximum atomic E-state index is 11.7. The lowest BCUT2D eigenvalue weighted by atomic mass is 9.95. The highest BCUT2D eigenvalue weighted by Crippen LogP contribution is 2.21. The molecule has 0 saturated heterocycles. The van der Waals surface area contributed by atoms with E-state index in [1.807, 2.05) is 39.8 Å². The minimum absolute atomic E-state index is 0. The summed E-state index contributed by atoms with van der Waals surface area (Å²) in [6.45, 7) is 7.58. The van der Waals surface area contributed by atoms with Gasteiger partial charge in [0.2, 0.25) is 5.91 Å². The standard InChI is InChI=1S/C12H18N2O.ClH/c1-8-7-9(13)5-6-10(8)14-11(15)12(2,3)4;/h5-7H,13H2,1-4H3,(H,14,15);1H. The van der Waals surface area contributed by atoms with Gasteiger partial charge in [0.15, 0.2) is 0 Å². The molecule has 0 radical (unpaired) electrons. The monoisotopic (exact) mass is 242 g/mol. The molecule has 16 heavy (non-hydrogen) atoms. The Morgan fingerprint density at radius 1 is 1.31 bits per heavy atom. The number of hydrogen-bond acceptors (Lipinski definition) is 2. The van der Waals surface area contributed by atoms with Crippen molar-refractivity contribution in [1.82, 2.24) is 0 Å². The van der Waals surface area contributed by atoms with Gasteiger partial charge in [-0.3, -0.25) is 4.79 Å². The van der Waals surface area contributed by atoms with Crippen LogP contribution in [-0.2, 0) is 4.79 Å². The van der Waals surface area contributed by atoms with Gasteiger partial charge in [-0.2, -0.15) is 0 Å². The normalized spacial score (nSPS) is 10.5. The first kappa shape index (κ1) is 14.8. The fourth-order valence-corrected chi connectivity index (χ4v) is 1.14. The molecule has 0 heterocycles. The number of nitrogens with two attached hydrogens (primary N) is 1. The van der Waals surface area contributed by atoms with Gasteiger partial charge in [0, 0.05) is 16.8 Å². The van der Waals surface area contributed by atoms with E-state index in [2.05, 4.69) is 5.32 Å². The summed E-state index contributed by atoms with van der Waals surface area (Å²) < 4.78 is 0. The number of amides is 1. The highest BCUT2D eigenvalue weighted by Gasteiger charge is 2.21. The van der Waals surface area contributed by atoms with Gasteiger partial charge < -0.3 is 11.1 Å². The SMILES string of the molecule is Cc1cc(N)ccc1NC(=O)C(C)(C)C.Cl. The lowest BCUT2D eigenvalue weighted by Gasteiger charge is -2.18. The molecule has 0 aliphatic carbocycles. The molecule has 0 spiro atoms. The average molecular weight is 243 g/mol. The lowest BCUT2D eigenvalue weighted by Crippen LogP contribution is -2.27. The first-order valence-corrected chi connectivity index (χ1v) is 4.98. The van der Waals surface area contributed by atoms with Gasteiger partial charge in [-0.05, 0) is 30.7 Å². The number of halogens is 1. The fourth-order valence-electron chi connectivity index (χ4n) is 1.14. The Balaban J connectivity index is 0.00000225. The molecule has 0 aliphatic rings. The summed E-state index contributed by atoms with van der Waals surface area (Å²) in [4.78, 5) is 11.7. The second kappa shape index (κ2) is 5.21. The number of aryl methyl sites for hydroxylation is 1. The van der Waals surface area contributed by atoms with Gasteiger partial charge in [-0.15, -0.1) is 12.4 Å². The molecule has 3 nitrogen and oxygen atoms in total. The number of carbonyl (C=O) groups is 1. The number of hydrogen-bond donors (Lipinski definition) is 2. The van der Waals surface area contributed by atoms with Gasteiger partial charge >= 0.3 is 0 Å². The van der Waals surface area contributed by atoms with E-state index >= 15 is 0 Å². The summed E-state index contributed by atoms with van der Waals surface area (Å²) in [5.41, 5.74) is 7.76.